The van der Waals surface area contributed by atoms with Crippen molar-refractivity contribution in [3.8, 4) is 5.75 Å². The molecule has 1 fully saturated rings. The summed E-state index contributed by atoms with van der Waals surface area (Å²) in [5.41, 5.74) is 1.60. The Morgan fingerprint density at radius 3 is 2.69 bits per heavy atom. The van der Waals surface area contributed by atoms with Crippen molar-refractivity contribution in [3.05, 3.63) is 41.7 Å². The fourth-order valence-electron chi connectivity index (χ4n) is 3.30. The summed E-state index contributed by atoms with van der Waals surface area (Å²) in [4.78, 5) is 27.5. The van der Waals surface area contributed by atoms with Gasteiger partial charge in [0.15, 0.2) is 5.82 Å². The fraction of sp³-hybridized carbons (Fsp3) is 0.364. The van der Waals surface area contributed by atoms with Crippen LogP contribution in [-0.4, -0.2) is 52.9 Å². The first kappa shape index (κ1) is 21.9. The smallest absolute Gasteiger partial charge is 0.407 e. The van der Waals surface area contributed by atoms with Crippen LogP contribution in [0.2, 0.25) is 5.02 Å². The molecule has 2 aromatic heterocycles. The van der Waals surface area contributed by atoms with Crippen LogP contribution in [0.15, 0.2) is 36.7 Å². The Labute approximate surface area is 191 Å². The zero-order valence-electron chi connectivity index (χ0n) is 18.3. The second kappa shape index (κ2) is 8.66. The first-order valence-electron chi connectivity index (χ1n) is 10.2. The minimum absolute atomic E-state index is 0.00787. The Hall–Kier alpha value is -3.33. The van der Waals surface area contributed by atoms with E-state index in [2.05, 4.69) is 25.5 Å². The first-order chi connectivity index (χ1) is 15.2. The Balaban J connectivity index is 1.48. The summed E-state index contributed by atoms with van der Waals surface area (Å²) in [6.07, 6.45) is 1.08. The van der Waals surface area contributed by atoms with E-state index in [1.807, 2.05) is 39.0 Å². The van der Waals surface area contributed by atoms with Gasteiger partial charge in [-0.3, -0.25) is 0 Å². The number of hydrogen-bond donors (Lipinski definition) is 2. The SMILES string of the molecule is COc1cc(Nc2ncnc3ccc(N4CC(NC(=O)OC(C)(C)C)C4)nc23)ccc1Cl. The van der Waals surface area contributed by atoms with Crippen molar-refractivity contribution in [2.45, 2.75) is 32.4 Å². The number of halogens is 1. The minimum atomic E-state index is -0.523. The van der Waals surface area contributed by atoms with Crippen molar-refractivity contribution in [2.75, 3.05) is 30.4 Å². The number of alkyl carbamates (subject to hydrolysis) is 1. The second-order valence-corrected chi connectivity index (χ2v) is 8.89. The van der Waals surface area contributed by atoms with E-state index in [1.54, 1.807) is 19.2 Å². The molecule has 0 unspecified atom stereocenters. The van der Waals surface area contributed by atoms with Crippen LogP contribution in [0.25, 0.3) is 11.0 Å². The summed E-state index contributed by atoms with van der Waals surface area (Å²) in [5, 5.41) is 6.67. The number of nitrogens with zero attached hydrogens (tertiary/aromatic N) is 4. The second-order valence-electron chi connectivity index (χ2n) is 8.48. The molecule has 9 nitrogen and oxygen atoms in total. The molecular weight excluding hydrogens is 432 g/mol. The predicted molar refractivity (Wildman–Crippen MR) is 124 cm³/mol. The molecule has 0 aliphatic carbocycles. The van der Waals surface area contributed by atoms with Crippen LogP contribution in [0.5, 0.6) is 5.75 Å². The van der Waals surface area contributed by atoms with E-state index in [-0.39, 0.29) is 6.04 Å². The molecule has 10 heteroatoms. The third-order valence-electron chi connectivity index (χ3n) is 4.81. The molecule has 1 saturated heterocycles. The quantitative estimate of drug-likeness (QED) is 0.590. The lowest BCUT2D eigenvalue weighted by molar-refractivity contribution is 0.0496. The van der Waals surface area contributed by atoms with E-state index in [0.717, 1.165) is 17.0 Å². The van der Waals surface area contributed by atoms with Crippen LogP contribution < -0.4 is 20.3 Å². The van der Waals surface area contributed by atoms with Crippen LogP contribution in [0, 0.1) is 0 Å². The molecule has 0 atom stereocenters. The van der Waals surface area contributed by atoms with Crippen molar-refractivity contribution in [2.24, 2.45) is 0 Å². The van der Waals surface area contributed by atoms with E-state index in [0.29, 0.717) is 35.2 Å². The Bertz CT molecular complexity index is 1140. The number of carbonyl (C=O) groups excluding carboxylic acids is 1. The molecule has 1 aliphatic rings. The number of amides is 1. The average molecular weight is 457 g/mol. The van der Waals surface area contributed by atoms with Gasteiger partial charge in [-0.15, -0.1) is 0 Å². The Morgan fingerprint density at radius 1 is 1.19 bits per heavy atom. The Morgan fingerprint density at radius 2 is 1.97 bits per heavy atom. The maximum Gasteiger partial charge on any atom is 0.407 e. The number of pyridine rings is 1. The zero-order valence-corrected chi connectivity index (χ0v) is 19.1. The van der Waals surface area contributed by atoms with Gasteiger partial charge in [0.25, 0.3) is 0 Å². The number of hydrogen-bond acceptors (Lipinski definition) is 8. The van der Waals surface area contributed by atoms with Crippen LogP contribution in [-0.2, 0) is 4.74 Å². The summed E-state index contributed by atoms with van der Waals surface area (Å²) < 4.78 is 10.6. The molecule has 3 heterocycles. The first-order valence-corrected chi connectivity index (χ1v) is 10.6. The standard InChI is InChI=1S/C22H25ClN6O3/c1-22(2,3)32-21(30)27-14-10-29(11-14)18-8-7-16-19(28-18)20(25-12-24-16)26-13-5-6-15(23)17(9-13)31-4/h5-9,12,14H,10-11H2,1-4H3,(H,27,30)(H,24,25,26). The molecule has 0 spiro atoms. The van der Waals surface area contributed by atoms with E-state index in [9.17, 15) is 4.79 Å². The van der Waals surface area contributed by atoms with Gasteiger partial charge in [0.2, 0.25) is 0 Å². The molecule has 3 aromatic rings. The maximum absolute atomic E-state index is 12.0. The summed E-state index contributed by atoms with van der Waals surface area (Å²) in [5.74, 6) is 1.92. The highest BCUT2D eigenvalue weighted by atomic mass is 35.5. The van der Waals surface area contributed by atoms with Crippen molar-refractivity contribution in [3.63, 3.8) is 0 Å². The minimum Gasteiger partial charge on any atom is -0.495 e. The number of carbonyl (C=O) groups is 1. The lowest BCUT2D eigenvalue weighted by Gasteiger charge is -2.40. The number of fused-ring (bicyclic) bond motifs is 1. The number of benzene rings is 1. The van der Waals surface area contributed by atoms with E-state index in [4.69, 9.17) is 26.1 Å². The molecule has 1 aliphatic heterocycles. The number of methoxy groups -OCH3 is 1. The third kappa shape index (κ3) is 4.94. The Kier molecular flexibility index (Phi) is 5.92. The van der Waals surface area contributed by atoms with Crippen LogP contribution in [0.1, 0.15) is 20.8 Å². The lowest BCUT2D eigenvalue weighted by Crippen LogP contribution is -2.60. The highest BCUT2D eigenvalue weighted by molar-refractivity contribution is 6.32. The number of aromatic nitrogens is 3. The molecule has 1 amide bonds. The fourth-order valence-corrected chi connectivity index (χ4v) is 3.50. The lowest BCUT2D eigenvalue weighted by atomic mass is 10.1. The molecule has 32 heavy (non-hydrogen) atoms. The van der Waals surface area contributed by atoms with Gasteiger partial charge >= 0.3 is 6.09 Å². The monoisotopic (exact) mass is 456 g/mol. The molecule has 4 rings (SSSR count). The highest BCUT2D eigenvalue weighted by Gasteiger charge is 2.30. The van der Waals surface area contributed by atoms with Crippen LogP contribution >= 0.6 is 11.6 Å². The van der Waals surface area contributed by atoms with Gasteiger partial charge in [0.05, 0.1) is 23.7 Å². The molecular formula is C22H25ClN6O3. The molecule has 0 bridgehead atoms. The van der Waals surface area contributed by atoms with Gasteiger partial charge < -0.3 is 25.0 Å². The van der Waals surface area contributed by atoms with Gasteiger partial charge in [-0.1, -0.05) is 11.6 Å². The topological polar surface area (TPSA) is 102 Å². The van der Waals surface area contributed by atoms with E-state index < -0.39 is 11.7 Å². The predicted octanol–water partition coefficient (Wildman–Crippen LogP) is 4.14. The summed E-state index contributed by atoms with van der Waals surface area (Å²) in [6, 6.07) is 9.21. The summed E-state index contributed by atoms with van der Waals surface area (Å²) in [6.45, 7) is 6.80. The van der Waals surface area contributed by atoms with Crippen LogP contribution in [0.4, 0.5) is 22.1 Å². The maximum atomic E-state index is 12.0. The molecule has 0 saturated carbocycles. The molecule has 2 N–H and O–H groups in total. The van der Waals surface area contributed by atoms with Crippen molar-refractivity contribution in [1.29, 1.82) is 0 Å². The molecule has 168 valence electrons. The van der Waals surface area contributed by atoms with Gasteiger partial charge in [-0.05, 0) is 45.0 Å². The normalized spacial score (nSPS) is 14.1. The molecule has 0 radical (unpaired) electrons. The van der Waals surface area contributed by atoms with Crippen molar-refractivity contribution in [1.82, 2.24) is 20.3 Å². The van der Waals surface area contributed by atoms with E-state index in [1.165, 1.54) is 6.33 Å². The van der Waals surface area contributed by atoms with E-state index >= 15 is 0 Å². The highest BCUT2D eigenvalue weighted by Crippen LogP contribution is 2.30. The van der Waals surface area contributed by atoms with Gasteiger partial charge in [0, 0.05) is 24.8 Å². The summed E-state index contributed by atoms with van der Waals surface area (Å²) >= 11 is 6.12. The largest absolute Gasteiger partial charge is 0.495 e. The van der Waals surface area contributed by atoms with Crippen LogP contribution in [0.3, 0.4) is 0 Å². The number of ether oxygens (including phenoxy) is 2. The van der Waals surface area contributed by atoms with Gasteiger partial charge in [0.1, 0.15) is 29.0 Å². The number of rotatable bonds is 5. The third-order valence-corrected chi connectivity index (χ3v) is 5.12. The zero-order chi connectivity index (χ0) is 22.9. The van der Waals surface area contributed by atoms with Gasteiger partial charge in [-0.2, -0.15) is 0 Å². The van der Waals surface area contributed by atoms with Gasteiger partial charge in [-0.25, -0.2) is 19.7 Å². The van der Waals surface area contributed by atoms with Crippen molar-refractivity contribution >= 4 is 46.1 Å². The number of nitrogens with one attached hydrogen (secondary N) is 2. The number of anilines is 3. The average Bonchev–Trinajstić information content (AvgIpc) is 2.70. The van der Waals surface area contributed by atoms with Crippen molar-refractivity contribution < 1.29 is 14.3 Å². The summed E-state index contributed by atoms with van der Waals surface area (Å²) in [7, 11) is 1.57. The molecule has 1 aromatic carbocycles.